The Kier molecular flexibility index (Phi) is 3.40. The lowest BCUT2D eigenvalue weighted by Crippen LogP contribution is -2.01. The molecule has 1 atom stereocenters. The number of carboxylic acid groups (broad SMARTS) is 1. The van der Waals surface area contributed by atoms with Gasteiger partial charge in [0.2, 0.25) is 5.76 Å². The highest BCUT2D eigenvalue weighted by atomic mass is 16.5. The Bertz CT molecular complexity index is 546. The number of hydrogen-bond donors (Lipinski definition) is 3. The summed E-state index contributed by atoms with van der Waals surface area (Å²) in [6.45, 7) is -0.355. The number of aliphatic hydroxyl groups excluding tert-OH is 2. The molecule has 0 aliphatic heterocycles. The summed E-state index contributed by atoms with van der Waals surface area (Å²) in [6.07, 6.45) is -0.925. The minimum atomic E-state index is -1.18. The molecule has 0 saturated heterocycles. The molecule has 0 aliphatic carbocycles. The maximum atomic E-state index is 10.6. The third-order valence-corrected chi connectivity index (χ3v) is 2.49. The Balaban J connectivity index is 2.25. The fourth-order valence-electron chi connectivity index (χ4n) is 1.49. The molecule has 0 spiro atoms. The summed E-state index contributed by atoms with van der Waals surface area (Å²) >= 11 is 0. The molecule has 94 valence electrons. The summed E-state index contributed by atoms with van der Waals surface area (Å²) in [7, 11) is 0. The molecule has 2 rings (SSSR count). The van der Waals surface area contributed by atoms with Gasteiger partial charge in [0.05, 0.1) is 6.61 Å². The Hall–Kier alpha value is -2.18. The van der Waals surface area contributed by atoms with Crippen LogP contribution in [0.4, 0.5) is 0 Å². The standard InChI is InChI=1S/C12H11NO5/c14-6-10(15)8-3-1-7(2-4-8)9-5-11(12(16)17)18-13-9/h1-5,10,14-15H,6H2,(H,16,17). The van der Waals surface area contributed by atoms with E-state index in [4.69, 9.17) is 10.2 Å². The molecular formula is C12H11NO5. The van der Waals surface area contributed by atoms with E-state index in [0.29, 0.717) is 16.8 Å². The Morgan fingerprint density at radius 1 is 1.33 bits per heavy atom. The van der Waals surface area contributed by atoms with E-state index in [1.807, 2.05) is 0 Å². The van der Waals surface area contributed by atoms with Gasteiger partial charge in [-0.05, 0) is 5.56 Å². The molecule has 6 nitrogen and oxygen atoms in total. The largest absolute Gasteiger partial charge is 0.475 e. The molecule has 0 amide bonds. The number of aromatic nitrogens is 1. The van der Waals surface area contributed by atoms with Gasteiger partial charge in [-0.25, -0.2) is 4.79 Å². The van der Waals surface area contributed by atoms with Gasteiger partial charge >= 0.3 is 5.97 Å². The van der Waals surface area contributed by atoms with Crippen LogP contribution in [0.15, 0.2) is 34.9 Å². The van der Waals surface area contributed by atoms with E-state index in [1.54, 1.807) is 24.3 Å². The molecule has 1 unspecified atom stereocenters. The molecule has 1 aromatic heterocycles. The van der Waals surface area contributed by atoms with Gasteiger partial charge < -0.3 is 19.8 Å². The maximum absolute atomic E-state index is 10.6. The third kappa shape index (κ3) is 2.39. The summed E-state index contributed by atoms with van der Waals surface area (Å²) in [5.41, 5.74) is 1.64. The van der Waals surface area contributed by atoms with E-state index >= 15 is 0 Å². The zero-order valence-electron chi connectivity index (χ0n) is 9.28. The fourth-order valence-corrected chi connectivity index (χ4v) is 1.49. The molecule has 6 heteroatoms. The minimum Gasteiger partial charge on any atom is -0.475 e. The Morgan fingerprint density at radius 2 is 2.00 bits per heavy atom. The van der Waals surface area contributed by atoms with Crippen LogP contribution in [0.5, 0.6) is 0 Å². The number of carboxylic acids is 1. The highest BCUT2D eigenvalue weighted by molar-refractivity contribution is 5.85. The van der Waals surface area contributed by atoms with E-state index in [1.165, 1.54) is 6.07 Å². The molecule has 18 heavy (non-hydrogen) atoms. The molecule has 0 fully saturated rings. The van der Waals surface area contributed by atoms with Gasteiger partial charge in [0.1, 0.15) is 11.8 Å². The van der Waals surface area contributed by atoms with Crippen LogP contribution in [0.2, 0.25) is 0 Å². The second-order valence-corrected chi connectivity index (χ2v) is 3.70. The van der Waals surface area contributed by atoms with Gasteiger partial charge in [-0.1, -0.05) is 29.4 Å². The van der Waals surface area contributed by atoms with Crippen molar-refractivity contribution < 1.29 is 24.6 Å². The highest BCUT2D eigenvalue weighted by Crippen LogP contribution is 2.21. The fraction of sp³-hybridized carbons (Fsp3) is 0.167. The molecule has 0 bridgehead atoms. The SMILES string of the molecule is O=C(O)c1cc(-c2ccc(C(O)CO)cc2)no1. The van der Waals surface area contributed by atoms with Crippen LogP contribution in [0.1, 0.15) is 22.2 Å². The lowest BCUT2D eigenvalue weighted by Gasteiger charge is -2.07. The van der Waals surface area contributed by atoms with E-state index in [9.17, 15) is 9.90 Å². The smallest absolute Gasteiger partial charge is 0.374 e. The molecule has 3 N–H and O–H groups in total. The normalized spacial score (nSPS) is 12.3. The molecule has 0 saturated carbocycles. The summed E-state index contributed by atoms with van der Waals surface area (Å²) < 4.78 is 4.64. The van der Waals surface area contributed by atoms with Crippen molar-refractivity contribution in [2.45, 2.75) is 6.10 Å². The summed E-state index contributed by atoms with van der Waals surface area (Å²) in [6, 6.07) is 7.91. The average Bonchev–Trinajstić information content (AvgIpc) is 2.88. The molecule has 2 aromatic rings. The molecule has 1 heterocycles. The Morgan fingerprint density at radius 3 is 2.50 bits per heavy atom. The molecule has 1 aromatic carbocycles. The molecule has 0 radical (unpaired) electrons. The van der Waals surface area contributed by atoms with Gasteiger partial charge in [0, 0.05) is 11.6 Å². The van der Waals surface area contributed by atoms with Crippen LogP contribution >= 0.6 is 0 Å². The first-order valence-corrected chi connectivity index (χ1v) is 5.21. The zero-order chi connectivity index (χ0) is 13.1. The second-order valence-electron chi connectivity index (χ2n) is 3.70. The predicted molar refractivity (Wildman–Crippen MR) is 60.9 cm³/mol. The molecular weight excluding hydrogens is 238 g/mol. The van der Waals surface area contributed by atoms with Gasteiger partial charge in [0.15, 0.2) is 0 Å². The van der Waals surface area contributed by atoms with Gasteiger partial charge in [-0.3, -0.25) is 0 Å². The quantitative estimate of drug-likeness (QED) is 0.748. The van der Waals surface area contributed by atoms with Crippen molar-refractivity contribution in [2.75, 3.05) is 6.61 Å². The number of nitrogens with zero attached hydrogens (tertiary/aromatic N) is 1. The number of aliphatic hydroxyl groups is 2. The number of rotatable bonds is 4. The van der Waals surface area contributed by atoms with Crippen LogP contribution in [0, 0.1) is 0 Å². The van der Waals surface area contributed by atoms with Crippen molar-refractivity contribution in [2.24, 2.45) is 0 Å². The maximum Gasteiger partial charge on any atom is 0.374 e. The van der Waals surface area contributed by atoms with Crippen molar-refractivity contribution in [1.82, 2.24) is 5.16 Å². The summed E-state index contributed by atoms with van der Waals surface area (Å²) in [5, 5.41) is 30.5. The highest BCUT2D eigenvalue weighted by Gasteiger charge is 2.12. The van der Waals surface area contributed by atoms with E-state index in [-0.39, 0.29) is 12.4 Å². The lowest BCUT2D eigenvalue weighted by molar-refractivity contribution is 0.0652. The van der Waals surface area contributed by atoms with Crippen LogP contribution in [0.25, 0.3) is 11.3 Å². The van der Waals surface area contributed by atoms with Crippen LogP contribution < -0.4 is 0 Å². The first-order valence-electron chi connectivity index (χ1n) is 5.21. The van der Waals surface area contributed by atoms with Crippen LogP contribution in [0.3, 0.4) is 0 Å². The van der Waals surface area contributed by atoms with Gasteiger partial charge in [-0.15, -0.1) is 0 Å². The van der Waals surface area contributed by atoms with Crippen molar-refractivity contribution in [3.63, 3.8) is 0 Å². The lowest BCUT2D eigenvalue weighted by atomic mass is 10.1. The predicted octanol–water partition coefficient (Wildman–Crippen LogP) is 1.07. The van der Waals surface area contributed by atoms with Crippen LogP contribution in [-0.2, 0) is 0 Å². The monoisotopic (exact) mass is 249 g/mol. The minimum absolute atomic E-state index is 0.232. The average molecular weight is 249 g/mol. The number of benzene rings is 1. The van der Waals surface area contributed by atoms with E-state index in [0.717, 1.165) is 0 Å². The van der Waals surface area contributed by atoms with E-state index < -0.39 is 12.1 Å². The van der Waals surface area contributed by atoms with Crippen molar-refractivity contribution in [1.29, 1.82) is 0 Å². The Labute approximate surface area is 102 Å². The zero-order valence-corrected chi connectivity index (χ0v) is 9.28. The van der Waals surface area contributed by atoms with Gasteiger partial charge in [-0.2, -0.15) is 0 Å². The molecule has 0 aliphatic rings. The van der Waals surface area contributed by atoms with E-state index in [2.05, 4.69) is 9.68 Å². The van der Waals surface area contributed by atoms with Crippen LogP contribution in [-0.4, -0.2) is 33.1 Å². The second kappa shape index (κ2) is 4.99. The topological polar surface area (TPSA) is 104 Å². The van der Waals surface area contributed by atoms with Crippen molar-refractivity contribution >= 4 is 5.97 Å². The number of carbonyl (C=O) groups is 1. The summed E-state index contributed by atoms with van der Waals surface area (Å²) in [5.74, 6) is -1.41. The van der Waals surface area contributed by atoms with Crippen molar-refractivity contribution in [3.05, 3.63) is 41.7 Å². The van der Waals surface area contributed by atoms with Crippen molar-refractivity contribution in [3.8, 4) is 11.3 Å². The first-order chi connectivity index (χ1) is 8.61. The van der Waals surface area contributed by atoms with Gasteiger partial charge in [0.25, 0.3) is 0 Å². The number of hydrogen-bond acceptors (Lipinski definition) is 5. The third-order valence-electron chi connectivity index (χ3n) is 2.49. The summed E-state index contributed by atoms with van der Waals surface area (Å²) in [4.78, 5) is 10.6. The first kappa shape index (κ1) is 12.3. The number of aromatic carboxylic acids is 1.